The van der Waals surface area contributed by atoms with Crippen molar-refractivity contribution in [2.75, 3.05) is 13.2 Å². The molecule has 0 heterocycles. The number of rotatable bonds is 66. The average Bonchev–Trinajstić information content (AvgIpc) is 3.46. The average molecular weight is 1120 g/mol. The number of allylic oxidation sites excluding steroid dienone is 8. The van der Waals surface area contributed by atoms with Crippen LogP contribution in [0.5, 0.6) is 0 Å². The van der Waals surface area contributed by atoms with Gasteiger partial charge in [-0.25, -0.2) is 0 Å². The minimum atomic E-state index is -0.775. The van der Waals surface area contributed by atoms with E-state index in [1.165, 1.54) is 270 Å². The minimum Gasteiger partial charge on any atom is -0.462 e. The van der Waals surface area contributed by atoms with E-state index < -0.39 is 6.10 Å². The second-order valence-corrected chi connectivity index (χ2v) is 24.1. The van der Waals surface area contributed by atoms with Gasteiger partial charge in [-0.3, -0.25) is 14.4 Å². The van der Waals surface area contributed by atoms with Crippen molar-refractivity contribution in [2.24, 2.45) is 0 Å². The van der Waals surface area contributed by atoms with Crippen LogP contribution >= 0.6 is 0 Å². The molecule has 0 aromatic rings. The first-order valence-electron chi connectivity index (χ1n) is 35.6. The number of carbonyl (C=O) groups excluding carboxylic acids is 3. The predicted octanol–water partition coefficient (Wildman–Crippen LogP) is 24.5. The van der Waals surface area contributed by atoms with Gasteiger partial charge in [0.1, 0.15) is 13.2 Å². The molecule has 0 fully saturated rings. The zero-order valence-corrected chi connectivity index (χ0v) is 53.9. The van der Waals surface area contributed by atoms with E-state index in [0.29, 0.717) is 19.3 Å². The first-order chi connectivity index (χ1) is 39.5. The van der Waals surface area contributed by atoms with E-state index in [9.17, 15) is 14.4 Å². The van der Waals surface area contributed by atoms with Crippen molar-refractivity contribution >= 4 is 17.9 Å². The predicted molar refractivity (Wildman–Crippen MR) is 349 cm³/mol. The van der Waals surface area contributed by atoms with Gasteiger partial charge in [0.2, 0.25) is 0 Å². The Bertz CT molecular complexity index is 1380. The molecular formula is C74H136O6. The Morgan fingerprint density at radius 3 is 0.750 bits per heavy atom. The van der Waals surface area contributed by atoms with Crippen molar-refractivity contribution < 1.29 is 28.6 Å². The van der Waals surface area contributed by atoms with Gasteiger partial charge in [0.05, 0.1) is 0 Å². The number of hydrogen-bond donors (Lipinski definition) is 0. The molecule has 1 atom stereocenters. The third kappa shape index (κ3) is 66.2. The Kier molecular flexibility index (Phi) is 66.6. The smallest absolute Gasteiger partial charge is 0.306 e. The molecule has 0 aliphatic carbocycles. The van der Waals surface area contributed by atoms with Gasteiger partial charge >= 0.3 is 17.9 Å². The number of carbonyl (C=O) groups is 3. The van der Waals surface area contributed by atoms with E-state index >= 15 is 0 Å². The summed E-state index contributed by atoms with van der Waals surface area (Å²) < 4.78 is 16.9. The molecular weight excluding hydrogens is 985 g/mol. The molecule has 0 amide bonds. The molecule has 0 bridgehead atoms. The molecule has 0 rings (SSSR count). The summed E-state index contributed by atoms with van der Waals surface area (Å²) in [5.74, 6) is -0.861. The maximum absolute atomic E-state index is 12.9. The highest BCUT2D eigenvalue weighted by molar-refractivity contribution is 5.71. The molecule has 468 valence electrons. The summed E-state index contributed by atoms with van der Waals surface area (Å²) >= 11 is 0. The lowest BCUT2D eigenvalue weighted by Gasteiger charge is -2.18. The lowest BCUT2D eigenvalue weighted by Crippen LogP contribution is -2.30. The molecule has 0 aromatic heterocycles. The highest BCUT2D eigenvalue weighted by atomic mass is 16.6. The normalized spacial score (nSPS) is 12.3. The molecule has 6 nitrogen and oxygen atoms in total. The fraction of sp³-hybridized carbons (Fsp3) is 0.851. The van der Waals surface area contributed by atoms with Gasteiger partial charge in [-0.1, -0.05) is 320 Å². The zero-order valence-electron chi connectivity index (χ0n) is 53.9. The Labute approximate surface area is 498 Å². The van der Waals surface area contributed by atoms with Gasteiger partial charge in [0.25, 0.3) is 0 Å². The van der Waals surface area contributed by atoms with E-state index in [-0.39, 0.29) is 31.1 Å². The van der Waals surface area contributed by atoms with Crippen molar-refractivity contribution in [3.63, 3.8) is 0 Å². The van der Waals surface area contributed by atoms with Gasteiger partial charge in [-0.15, -0.1) is 0 Å². The molecule has 1 unspecified atom stereocenters. The van der Waals surface area contributed by atoms with E-state index in [1.54, 1.807) is 0 Å². The number of esters is 3. The lowest BCUT2D eigenvalue weighted by atomic mass is 10.0. The standard InChI is InChI=1S/C74H136O6/c1-4-7-10-13-16-19-22-24-26-28-30-32-34-35-36-37-38-39-41-42-44-46-48-50-52-55-58-61-64-67-73(76)79-70-71(69-78-72(75)66-63-60-57-54-21-18-15-12-9-6-3)80-74(77)68-65-62-59-56-53-51-49-47-45-43-40-33-31-29-27-25-23-20-17-14-11-8-5-2/h12,15,22,24,28-31,71H,4-11,13-14,16-21,23,25-27,32-70H2,1-3H3/b15-12-,24-22-,30-28-,31-29-. The molecule has 0 saturated carbocycles. The zero-order chi connectivity index (χ0) is 57.8. The van der Waals surface area contributed by atoms with Gasteiger partial charge in [0.15, 0.2) is 6.10 Å². The molecule has 80 heavy (non-hydrogen) atoms. The van der Waals surface area contributed by atoms with E-state index in [2.05, 4.69) is 69.4 Å². The fourth-order valence-corrected chi connectivity index (χ4v) is 10.7. The number of unbranched alkanes of at least 4 members (excludes halogenated alkanes) is 47. The van der Waals surface area contributed by atoms with Crippen LogP contribution in [0.3, 0.4) is 0 Å². The Morgan fingerprint density at radius 1 is 0.250 bits per heavy atom. The maximum atomic E-state index is 12.9. The SMILES string of the molecule is CCC/C=C\CCCCCCCC(=O)OCC(COC(=O)CCCCCCCCCCCCCCCCCCC/C=C\C/C=C\CCCCCCC)OC(=O)CCCCCCCCCCCCC/C=C\CCCCCCCCCC. The second kappa shape index (κ2) is 68.9. The Morgan fingerprint density at radius 2 is 0.475 bits per heavy atom. The minimum absolute atomic E-state index is 0.0721. The lowest BCUT2D eigenvalue weighted by molar-refractivity contribution is -0.167. The molecule has 0 aromatic carbocycles. The third-order valence-corrected chi connectivity index (χ3v) is 16.0. The molecule has 0 radical (unpaired) electrons. The quantitative estimate of drug-likeness (QED) is 0.0261. The Balaban J connectivity index is 4.13. The van der Waals surface area contributed by atoms with Crippen LogP contribution in [0.25, 0.3) is 0 Å². The van der Waals surface area contributed by atoms with Crippen molar-refractivity contribution in [1.82, 2.24) is 0 Å². The van der Waals surface area contributed by atoms with Crippen LogP contribution in [-0.4, -0.2) is 37.2 Å². The first kappa shape index (κ1) is 77.4. The second-order valence-electron chi connectivity index (χ2n) is 24.1. The fourth-order valence-electron chi connectivity index (χ4n) is 10.7. The molecule has 0 N–H and O–H groups in total. The summed E-state index contributed by atoms with van der Waals surface area (Å²) in [6.45, 7) is 6.62. The van der Waals surface area contributed by atoms with Crippen LogP contribution in [0.4, 0.5) is 0 Å². The van der Waals surface area contributed by atoms with E-state index in [4.69, 9.17) is 14.2 Å². The summed E-state index contributed by atoms with van der Waals surface area (Å²) in [6, 6.07) is 0. The van der Waals surface area contributed by atoms with Gasteiger partial charge in [0, 0.05) is 19.3 Å². The molecule has 0 spiro atoms. The van der Waals surface area contributed by atoms with Crippen molar-refractivity contribution in [2.45, 2.75) is 393 Å². The summed E-state index contributed by atoms with van der Waals surface area (Å²) in [5, 5.41) is 0. The largest absolute Gasteiger partial charge is 0.462 e. The van der Waals surface area contributed by atoms with Crippen molar-refractivity contribution in [1.29, 1.82) is 0 Å². The number of hydrogen-bond acceptors (Lipinski definition) is 6. The van der Waals surface area contributed by atoms with Crippen LogP contribution in [0, 0.1) is 0 Å². The van der Waals surface area contributed by atoms with Crippen molar-refractivity contribution in [3.8, 4) is 0 Å². The number of ether oxygens (including phenoxy) is 3. The van der Waals surface area contributed by atoms with Gasteiger partial charge < -0.3 is 14.2 Å². The Hall–Kier alpha value is -2.63. The maximum Gasteiger partial charge on any atom is 0.306 e. The molecule has 0 aliphatic rings. The van der Waals surface area contributed by atoms with Crippen LogP contribution in [0.2, 0.25) is 0 Å². The monoisotopic (exact) mass is 1120 g/mol. The van der Waals surface area contributed by atoms with E-state index in [0.717, 1.165) is 77.0 Å². The van der Waals surface area contributed by atoms with Crippen LogP contribution in [-0.2, 0) is 28.6 Å². The van der Waals surface area contributed by atoms with Crippen molar-refractivity contribution in [3.05, 3.63) is 48.6 Å². The summed E-state index contributed by atoms with van der Waals surface area (Å²) in [4.78, 5) is 38.3. The van der Waals surface area contributed by atoms with Crippen LogP contribution in [0.15, 0.2) is 48.6 Å². The molecule has 0 aliphatic heterocycles. The third-order valence-electron chi connectivity index (χ3n) is 16.0. The van der Waals surface area contributed by atoms with Gasteiger partial charge in [-0.05, 0) is 96.3 Å². The van der Waals surface area contributed by atoms with Crippen LogP contribution < -0.4 is 0 Å². The van der Waals surface area contributed by atoms with Crippen LogP contribution in [0.1, 0.15) is 387 Å². The molecule has 6 heteroatoms. The summed E-state index contributed by atoms with van der Waals surface area (Å²) in [6.07, 6.45) is 87.3. The first-order valence-corrected chi connectivity index (χ1v) is 35.6. The topological polar surface area (TPSA) is 78.9 Å². The summed E-state index contributed by atoms with van der Waals surface area (Å²) in [5.41, 5.74) is 0. The van der Waals surface area contributed by atoms with Gasteiger partial charge in [-0.2, -0.15) is 0 Å². The highest BCUT2D eigenvalue weighted by Gasteiger charge is 2.19. The summed E-state index contributed by atoms with van der Waals surface area (Å²) in [7, 11) is 0. The molecule has 0 saturated heterocycles. The highest BCUT2D eigenvalue weighted by Crippen LogP contribution is 2.18. The van der Waals surface area contributed by atoms with E-state index in [1.807, 2.05) is 0 Å².